The lowest BCUT2D eigenvalue weighted by Crippen LogP contribution is -2.35. The molecule has 0 aromatic heterocycles. The molecule has 3 heteroatoms. The van der Waals surface area contributed by atoms with E-state index in [1.807, 2.05) is 0 Å². The third-order valence-electron chi connectivity index (χ3n) is 3.71. The van der Waals surface area contributed by atoms with Gasteiger partial charge in [-0.3, -0.25) is 4.79 Å². The van der Waals surface area contributed by atoms with Gasteiger partial charge in [-0.2, -0.15) is 0 Å². The van der Waals surface area contributed by atoms with E-state index in [0.717, 1.165) is 18.9 Å². The fraction of sp³-hybridized carbons (Fsp3) is 0.923. The van der Waals surface area contributed by atoms with Gasteiger partial charge in [-0.1, -0.05) is 6.92 Å². The molecule has 1 unspecified atom stereocenters. The highest BCUT2D eigenvalue weighted by molar-refractivity contribution is 5.76. The van der Waals surface area contributed by atoms with E-state index in [9.17, 15) is 4.79 Å². The molecular weight excluding hydrogens is 200 g/mol. The minimum Gasteiger partial charge on any atom is -0.339 e. The molecule has 0 aliphatic heterocycles. The first-order valence-corrected chi connectivity index (χ1v) is 6.70. The molecule has 2 saturated carbocycles. The van der Waals surface area contributed by atoms with Gasteiger partial charge in [0.05, 0.1) is 0 Å². The summed E-state index contributed by atoms with van der Waals surface area (Å²) in [6, 6.07) is 0.585. The van der Waals surface area contributed by atoms with Crippen molar-refractivity contribution in [2.24, 2.45) is 17.6 Å². The van der Waals surface area contributed by atoms with Crippen LogP contribution in [-0.4, -0.2) is 29.9 Å². The average Bonchev–Trinajstić information content (AvgIpc) is 3.14. The van der Waals surface area contributed by atoms with Crippen LogP contribution in [0.1, 0.15) is 45.4 Å². The largest absolute Gasteiger partial charge is 0.339 e. The van der Waals surface area contributed by atoms with Crippen LogP contribution < -0.4 is 5.73 Å². The smallest absolute Gasteiger partial charge is 0.222 e. The van der Waals surface area contributed by atoms with E-state index in [1.54, 1.807) is 0 Å². The van der Waals surface area contributed by atoms with Crippen molar-refractivity contribution in [3.63, 3.8) is 0 Å². The Hall–Kier alpha value is -0.570. The summed E-state index contributed by atoms with van der Waals surface area (Å²) in [4.78, 5) is 14.2. The summed E-state index contributed by atoms with van der Waals surface area (Å²) in [6.07, 6.45) is 6.76. The van der Waals surface area contributed by atoms with Gasteiger partial charge in [0, 0.05) is 19.0 Å². The molecule has 92 valence electrons. The van der Waals surface area contributed by atoms with E-state index < -0.39 is 0 Å². The van der Waals surface area contributed by atoms with Crippen LogP contribution in [0.3, 0.4) is 0 Å². The molecule has 3 nitrogen and oxygen atoms in total. The highest BCUT2D eigenvalue weighted by atomic mass is 16.2. The second kappa shape index (κ2) is 5.17. The molecule has 2 N–H and O–H groups in total. The van der Waals surface area contributed by atoms with Crippen molar-refractivity contribution in [2.45, 2.75) is 51.5 Å². The van der Waals surface area contributed by atoms with Crippen LogP contribution in [-0.2, 0) is 4.79 Å². The third-order valence-corrected chi connectivity index (χ3v) is 3.71. The predicted molar refractivity (Wildman–Crippen MR) is 64.9 cm³/mol. The van der Waals surface area contributed by atoms with Crippen molar-refractivity contribution in [3.8, 4) is 0 Å². The zero-order valence-corrected chi connectivity index (χ0v) is 10.3. The summed E-state index contributed by atoms with van der Waals surface area (Å²) in [5, 5.41) is 0. The molecule has 2 rings (SSSR count). The number of hydrogen-bond acceptors (Lipinski definition) is 2. The molecule has 1 amide bonds. The maximum absolute atomic E-state index is 12.1. The highest BCUT2D eigenvalue weighted by Crippen LogP contribution is 2.35. The van der Waals surface area contributed by atoms with Gasteiger partial charge in [0.15, 0.2) is 0 Å². The Labute approximate surface area is 98.4 Å². The fourth-order valence-electron chi connectivity index (χ4n) is 2.05. The molecule has 0 spiro atoms. The number of amides is 1. The van der Waals surface area contributed by atoms with Crippen LogP contribution in [0.2, 0.25) is 0 Å². The Morgan fingerprint density at radius 2 is 2.06 bits per heavy atom. The Morgan fingerprint density at radius 3 is 2.56 bits per heavy atom. The first-order valence-electron chi connectivity index (χ1n) is 6.70. The van der Waals surface area contributed by atoms with Crippen LogP contribution in [0.25, 0.3) is 0 Å². The first-order chi connectivity index (χ1) is 7.70. The summed E-state index contributed by atoms with van der Waals surface area (Å²) in [5.74, 6) is 1.66. The Kier molecular flexibility index (Phi) is 3.85. The maximum atomic E-state index is 12.1. The van der Waals surface area contributed by atoms with Crippen LogP contribution in [0, 0.1) is 11.8 Å². The molecular formula is C13H24N2O. The van der Waals surface area contributed by atoms with Gasteiger partial charge in [-0.15, -0.1) is 0 Å². The van der Waals surface area contributed by atoms with Crippen molar-refractivity contribution in [1.29, 1.82) is 0 Å². The van der Waals surface area contributed by atoms with Crippen molar-refractivity contribution >= 4 is 5.91 Å². The van der Waals surface area contributed by atoms with Crippen LogP contribution >= 0.6 is 0 Å². The molecule has 16 heavy (non-hydrogen) atoms. The van der Waals surface area contributed by atoms with Gasteiger partial charge in [-0.25, -0.2) is 0 Å². The topological polar surface area (TPSA) is 46.3 Å². The number of nitrogens with zero attached hydrogens (tertiary/aromatic N) is 1. The standard InChI is InChI=1S/C13H24N2O/c1-10(8-14)2-7-13(16)15(12-5-6-12)9-11-3-4-11/h10-12H,2-9,14H2,1H3. The first kappa shape index (κ1) is 11.9. The van der Waals surface area contributed by atoms with Crippen LogP contribution in [0.5, 0.6) is 0 Å². The summed E-state index contributed by atoms with van der Waals surface area (Å²) in [6.45, 7) is 3.84. The van der Waals surface area contributed by atoms with Crippen molar-refractivity contribution < 1.29 is 4.79 Å². The molecule has 2 aliphatic carbocycles. The molecule has 0 aromatic carbocycles. The van der Waals surface area contributed by atoms with Gasteiger partial charge in [-0.05, 0) is 50.5 Å². The average molecular weight is 224 g/mol. The molecule has 0 saturated heterocycles. The van der Waals surface area contributed by atoms with E-state index in [2.05, 4.69) is 11.8 Å². The minimum atomic E-state index is 0.370. The summed E-state index contributed by atoms with van der Waals surface area (Å²) in [5.41, 5.74) is 5.57. The van der Waals surface area contributed by atoms with Crippen LogP contribution in [0.15, 0.2) is 0 Å². The number of rotatable bonds is 7. The van der Waals surface area contributed by atoms with Gasteiger partial charge >= 0.3 is 0 Å². The van der Waals surface area contributed by atoms with Gasteiger partial charge in [0.2, 0.25) is 5.91 Å². The molecule has 0 heterocycles. The van der Waals surface area contributed by atoms with E-state index in [0.29, 0.717) is 30.8 Å². The summed E-state index contributed by atoms with van der Waals surface area (Å²) in [7, 11) is 0. The minimum absolute atomic E-state index is 0.370. The SMILES string of the molecule is CC(CN)CCC(=O)N(CC1CC1)C1CC1. The molecule has 0 aromatic rings. The van der Waals surface area contributed by atoms with E-state index in [-0.39, 0.29) is 0 Å². The number of nitrogens with two attached hydrogens (primary N) is 1. The number of carbonyl (C=O) groups excluding carboxylic acids is 1. The molecule has 2 fully saturated rings. The lowest BCUT2D eigenvalue weighted by molar-refractivity contribution is -0.132. The van der Waals surface area contributed by atoms with Gasteiger partial charge in [0.25, 0.3) is 0 Å². The molecule has 2 aliphatic rings. The van der Waals surface area contributed by atoms with Gasteiger partial charge in [0.1, 0.15) is 0 Å². The second-order valence-electron chi connectivity index (χ2n) is 5.60. The lowest BCUT2D eigenvalue weighted by Gasteiger charge is -2.23. The van der Waals surface area contributed by atoms with Gasteiger partial charge < -0.3 is 10.6 Å². The van der Waals surface area contributed by atoms with E-state index in [4.69, 9.17) is 5.73 Å². The fourth-order valence-corrected chi connectivity index (χ4v) is 2.05. The third kappa shape index (κ3) is 3.48. The predicted octanol–water partition coefficient (Wildman–Crippen LogP) is 1.76. The second-order valence-corrected chi connectivity index (χ2v) is 5.60. The highest BCUT2D eigenvalue weighted by Gasteiger charge is 2.36. The molecule has 1 atom stereocenters. The lowest BCUT2D eigenvalue weighted by atomic mass is 10.1. The van der Waals surface area contributed by atoms with E-state index >= 15 is 0 Å². The number of carbonyl (C=O) groups is 1. The Bertz CT molecular complexity index is 246. The Morgan fingerprint density at radius 1 is 1.38 bits per heavy atom. The normalized spacial score (nSPS) is 21.9. The monoisotopic (exact) mass is 224 g/mol. The number of hydrogen-bond donors (Lipinski definition) is 1. The maximum Gasteiger partial charge on any atom is 0.222 e. The summed E-state index contributed by atoms with van der Waals surface area (Å²) < 4.78 is 0. The van der Waals surface area contributed by atoms with Crippen molar-refractivity contribution in [2.75, 3.05) is 13.1 Å². The van der Waals surface area contributed by atoms with Crippen molar-refractivity contribution in [3.05, 3.63) is 0 Å². The quantitative estimate of drug-likeness (QED) is 0.716. The van der Waals surface area contributed by atoms with Crippen LogP contribution in [0.4, 0.5) is 0 Å². The zero-order chi connectivity index (χ0) is 11.5. The van der Waals surface area contributed by atoms with Crippen molar-refractivity contribution in [1.82, 2.24) is 4.90 Å². The van der Waals surface area contributed by atoms with E-state index in [1.165, 1.54) is 25.7 Å². The zero-order valence-electron chi connectivity index (χ0n) is 10.3. The molecule has 0 bridgehead atoms. The molecule has 0 radical (unpaired) electrons. The summed E-state index contributed by atoms with van der Waals surface area (Å²) >= 11 is 0. The Balaban J connectivity index is 1.74.